The van der Waals surface area contributed by atoms with Crippen molar-refractivity contribution >= 4 is 33.1 Å². The van der Waals surface area contributed by atoms with Crippen molar-refractivity contribution in [2.75, 3.05) is 0 Å². The summed E-state index contributed by atoms with van der Waals surface area (Å²) >= 11 is 0. The van der Waals surface area contributed by atoms with Crippen LogP contribution in [0.4, 0.5) is 0 Å². The van der Waals surface area contributed by atoms with Crippen molar-refractivity contribution in [2.45, 2.75) is 0 Å². The molecule has 0 saturated heterocycles. The van der Waals surface area contributed by atoms with Gasteiger partial charge in [-0.2, -0.15) is 23.9 Å². The van der Waals surface area contributed by atoms with Gasteiger partial charge in [-0.1, -0.05) is 77.9 Å². The minimum Gasteiger partial charge on any atom is -0.448 e. The summed E-state index contributed by atoms with van der Waals surface area (Å²) in [5.41, 5.74) is 5.72. The predicted molar refractivity (Wildman–Crippen MR) is 180 cm³/mol. The molecule has 0 fully saturated rings. The number of fused-ring (bicyclic) bond motifs is 3. The minimum atomic E-state index is -0.305. The van der Waals surface area contributed by atoms with E-state index in [4.69, 9.17) is 0 Å². The Morgan fingerprint density at radius 1 is 0.521 bits per heavy atom. The molecule has 0 aliphatic rings. The minimum absolute atomic E-state index is 0. The van der Waals surface area contributed by atoms with Crippen molar-refractivity contribution in [1.29, 1.82) is 0 Å². The molecule has 0 N–H and O–H groups in total. The fraction of sp³-hybridized carbons (Fsp3) is 0. The van der Waals surface area contributed by atoms with Crippen LogP contribution in [0.2, 0.25) is 0 Å². The Morgan fingerprint density at radius 2 is 1.12 bits per heavy atom. The molecule has 0 atom stereocenters. The molecule has 10 heteroatoms. The second kappa shape index (κ2) is 11.6. The second-order valence-electron chi connectivity index (χ2n) is 11.0. The molecule has 9 nitrogen and oxygen atoms in total. The molecule has 0 bridgehead atoms. The van der Waals surface area contributed by atoms with E-state index in [9.17, 15) is 9.59 Å². The molecule has 0 saturated carbocycles. The van der Waals surface area contributed by atoms with Crippen LogP contribution in [-0.4, -0.2) is 32.8 Å². The SMILES string of the molecule is O=c1n(-c2[c-]c(-n3[c-]nc4ccccc43)ccc2)c2[c-]c3c(cc2n1-c1ccccc1)n(-c1ccccc1)c(=O)n3-c1ccccn1.[Pt]. The van der Waals surface area contributed by atoms with Crippen LogP contribution >= 0.6 is 0 Å². The van der Waals surface area contributed by atoms with E-state index in [1.165, 1.54) is 4.57 Å². The zero-order chi connectivity index (χ0) is 31.5. The van der Waals surface area contributed by atoms with Gasteiger partial charge in [0.1, 0.15) is 5.82 Å². The monoisotopic (exact) mass is 803 g/mol. The van der Waals surface area contributed by atoms with Crippen LogP contribution in [0.15, 0.2) is 143 Å². The van der Waals surface area contributed by atoms with Crippen LogP contribution < -0.4 is 11.4 Å². The van der Waals surface area contributed by atoms with Gasteiger partial charge in [0.05, 0.1) is 0 Å². The van der Waals surface area contributed by atoms with Gasteiger partial charge in [-0.05, 0) is 64.0 Å². The van der Waals surface area contributed by atoms with Crippen molar-refractivity contribution in [3.63, 3.8) is 0 Å². The molecule has 5 aromatic carbocycles. The first-order valence-corrected chi connectivity index (χ1v) is 15.0. The molecule has 0 aliphatic carbocycles. The maximum atomic E-state index is 14.5. The number of benzene rings is 5. The summed E-state index contributed by atoms with van der Waals surface area (Å²) in [5, 5.41) is 0. The van der Waals surface area contributed by atoms with E-state index < -0.39 is 0 Å². The van der Waals surface area contributed by atoms with Crippen molar-refractivity contribution < 1.29 is 21.1 Å². The number of nitrogens with zero attached hydrogens (tertiary/aromatic N) is 7. The number of rotatable bonds is 5. The summed E-state index contributed by atoms with van der Waals surface area (Å²) in [6.45, 7) is 0. The van der Waals surface area contributed by atoms with E-state index in [1.807, 2.05) is 120 Å². The molecule has 9 aromatic rings. The average Bonchev–Trinajstić information content (AvgIpc) is 3.77. The molecular weight excluding hydrogens is 782 g/mol. The van der Waals surface area contributed by atoms with Crippen LogP contribution in [0, 0.1) is 18.5 Å². The summed E-state index contributed by atoms with van der Waals surface area (Å²) in [7, 11) is 0. The Balaban J connectivity index is 0.00000336. The number of hydrogen-bond acceptors (Lipinski definition) is 4. The molecule has 0 amide bonds. The first kappa shape index (κ1) is 29.4. The van der Waals surface area contributed by atoms with Gasteiger partial charge in [-0.25, -0.2) is 14.6 Å². The van der Waals surface area contributed by atoms with Crippen molar-refractivity contribution in [3.8, 4) is 28.6 Å². The molecule has 0 radical (unpaired) electrons. The Morgan fingerprint density at radius 3 is 1.81 bits per heavy atom. The second-order valence-corrected chi connectivity index (χ2v) is 11.0. The van der Waals surface area contributed by atoms with Crippen LogP contribution in [0.5, 0.6) is 0 Å². The summed E-state index contributed by atoms with van der Waals surface area (Å²) in [4.78, 5) is 37.7. The van der Waals surface area contributed by atoms with Crippen LogP contribution in [0.3, 0.4) is 0 Å². The van der Waals surface area contributed by atoms with E-state index in [-0.39, 0.29) is 32.4 Å². The number of hydrogen-bond donors (Lipinski definition) is 0. The molecular formula is C38H22N7O2Pt-3. The van der Waals surface area contributed by atoms with Gasteiger partial charge < -0.3 is 23.3 Å². The first-order chi connectivity index (χ1) is 23.2. The topological polar surface area (TPSA) is 84.6 Å². The van der Waals surface area contributed by atoms with Gasteiger partial charge in [0, 0.05) is 45.0 Å². The average molecular weight is 804 g/mol. The van der Waals surface area contributed by atoms with Crippen molar-refractivity contribution in [3.05, 3.63) is 173 Å². The zero-order valence-corrected chi connectivity index (χ0v) is 27.2. The van der Waals surface area contributed by atoms with Gasteiger partial charge in [0.2, 0.25) is 0 Å². The standard InChI is InChI=1S/C38H22N7O2.Pt/c46-37-42(26-12-3-1-4-13-26)32-23-34-35(45(36-20-9-10-21-39-36)38(47)43(34)27-14-5-2-6-15-27)24-33(32)44(37)29-17-11-16-28(22-29)41-25-40-30-18-7-8-19-31(30)41;/h1-21,23H;/q-3;. The molecule has 0 unspecified atom stereocenters. The van der Waals surface area contributed by atoms with Crippen molar-refractivity contribution in [1.82, 2.24) is 32.8 Å². The van der Waals surface area contributed by atoms with E-state index >= 15 is 0 Å². The summed E-state index contributed by atoms with van der Waals surface area (Å²) in [6, 6.07) is 46.4. The molecule has 234 valence electrons. The fourth-order valence-electron chi connectivity index (χ4n) is 6.16. The Hall–Kier alpha value is -6.05. The number of para-hydroxylation sites is 4. The van der Waals surface area contributed by atoms with Gasteiger partial charge in [-0.15, -0.1) is 18.2 Å². The molecule has 0 aliphatic heterocycles. The van der Waals surface area contributed by atoms with Crippen LogP contribution in [0.1, 0.15) is 0 Å². The van der Waals surface area contributed by atoms with Gasteiger partial charge >= 0.3 is 11.4 Å². The first-order valence-electron chi connectivity index (χ1n) is 15.0. The Labute approximate surface area is 287 Å². The van der Waals surface area contributed by atoms with Crippen LogP contribution in [-0.2, 0) is 21.1 Å². The van der Waals surface area contributed by atoms with Gasteiger partial charge in [-0.3, -0.25) is 4.57 Å². The predicted octanol–water partition coefficient (Wildman–Crippen LogP) is 6.01. The zero-order valence-electron chi connectivity index (χ0n) is 25.0. The summed E-state index contributed by atoms with van der Waals surface area (Å²) in [5.74, 6) is 0.445. The molecule has 4 heterocycles. The fourth-order valence-corrected chi connectivity index (χ4v) is 6.16. The quantitative estimate of drug-likeness (QED) is 0.200. The largest absolute Gasteiger partial charge is 0.448 e. The third kappa shape index (κ3) is 4.51. The molecule has 48 heavy (non-hydrogen) atoms. The molecule has 0 spiro atoms. The summed E-state index contributed by atoms with van der Waals surface area (Å²) in [6.07, 6.45) is 4.70. The van der Waals surface area contributed by atoms with E-state index in [1.54, 1.807) is 32.0 Å². The smallest absolute Gasteiger partial charge is 0.326 e. The maximum Gasteiger partial charge on any atom is 0.326 e. The van der Waals surface area contributed by atoms with E-state index in [0.717, 1.165) is 11.0 Å². The molecule has 4 aromatic heterocycles. The number of imidazole rings is 3. The van der Waals surface area contributed by atoms with Gasteiger partial charge in [0.15, 0.2) is 0 Å². The Bertz CT molecular complexity index is 2720. The normalized spacial score (nSPS) is 11.3. The van der Waals surface area contributed by atoms with Gasteiger partial charge in [0.25, 0.3) is 0 Å². The van der Waals surface area contributed by atoms with Crippen LogP contribution in [0.25, 0.3) is 61.7 Å². The Kier molecular flexibility index (Phi) is 7.12. The van der Waals surface area contributed by atoms with E-state index in [2.05, 4.69) is 28.4 Å². The van der Waals surface area contributed by atoms with E-state index in [0.29, 0.717) is 50.6 Å². The maximum absolute atomic E-state index is 14.5. The third-order valence-electron chi connectivity index (χ3n) is 8.24. The third-order valence-corrected chi connectivity index (χ3v) is 8.24. The summed E-state index contributed by atoms with van der Waals surface area (Å²) < 4.78 is 8.20. The number of aromatic nitrogens is 7. The number of pyridine rings is 1. The van der Waals surface area contributed by atoms with Crippen molar-refractivity contribution in [2.24, 2.45) is 0 Å². The molecule has 9 rings (SSSR count).